The third kappa shape index (κ3) is 4.96. The number of hydrogen-bond acceptors (Lipinski definition) is 6. The molecule has 166 valence electrons. The number of carbonyl (C=O) groups excluding carboxylic acids is 1. The molecule has 32 heavy (non-hydrogen) atoms. The molecule has 8 heteroatoms. The molecule has 1 amide bonds. The van der Waals surface area contributed by atoms with Gasteiger partial charge < -0.3 is 10.2 Å². The maximum atomic E-state index is 12.8. The third-order valence-corrected chi connectivity index (χ3v) is 7.39. The zero-order valence-corrected chi connectivity index (χ0v) is 18.8. The second-order valence-electron chi connectivity index (χ2n) is 8.01. The first-order valence-corrected chi connectivity index (χ1v) is 12.1. The molecule has 1 fully saturated rings. The number of anilines is 1. The second kappa shape index (κ2) is 9.48. The number of carbonyl (C=O) groups is 1. The number of sulfone groups is 1. The number of aryl methyl sites for hydroxylation is 1. The van der Waals surface area contributed by atoms with Crippen molar-refractivity contribution in [2.24, 2.45) is 5.92 Å². The van der Waals surface area contributed by atoms with Crippen molar-refractivity contribution in [3.8, 4) is 0 Å². The molecule has 1 aliphatic heterocycles. The van der Waals surface area contributed by atoms with Crippen molar-refractivity contribution < 1.29 is 13.2 Å². The van der Waals surface area contributed by atoms with Crippen LogP contribution in [0.15, 0.2) is 76.7 Å². The quantitative estimate of drug-likeness (QED) is 0.620. The van der Waals surface area contributed by atoms with E-state index in [1.807, 2.05) is 42.2 Å². The molecular formula is C24H26N4O3S. The van der Waals surface area contributed by atoms with Gasteiger partial charge in [-0.3, -0.25) is 4.79 Å². The fourth-order valence-electron chi connectivity index (χ4n) is 3.76. The summed E-state index contributed by atoms with van der Waals surface area (Å²) in [7, 11) is -3.70. The Morgan fingerprint density at radius 3 is 2.28 bits per heavy atom. The number of rotatable bonds is 6. The number of nitrogens with zero attached hydrogens (tertiary/aromatic N) is 3. The van der Waals surface area contributed by atoms with Crippen molar-refractivity contribution in [1.29, 1.82) is 0 Å². The monoisotopic (exact) mass is 450 g/mol. The minimum Gasteiger partial charge on any atom is -0.355 e. The molecule has 0 bridgehead atoms. The minimum absolute atomic E-state index is 0.0379. The van der Waals surface area contributed by atoms with E-state index in [2.05, 4.69) is 15.5 Å². The van der Waals surface area contributed by atoms with Gasteiger partial charge in [0.1, 0.15) is 0 Å². The van der Waals surface area contributed by atoms with Crippen molar-refractivity contribution in [2.45, 2.75) is 36.2 Å². The Balaban J connectivity index is 1.34. The van der Waals surface area contributed by atoms with Crippen LogP contribution in [-0.2, 0) is 21.2 Å². The van der Waals surface area contributed by atoms with E-state index in [9.17, 15) is 13.2 Å². The van der Waals surface area contributed by atoms with Crippen LogP contribution in [0, 0.1) is 12.8 Å². The molecule has 0 aliphatic carbocycles. The van der Waals surface area contributed by atoms with Crippen LogP contribution >= 0.6 is 0 Å². The molecule has 1 aromatic heterocycles. The van der Waals surface area contributed by atoms with Crippen LogP contribution in [0.5, 0.6) is 0 Å². The number of benzene rings is 2. The van der Waals surface area contributed by atoms with E-state index in [0.29, 0.717) is 38.3 Å². The van der Waals surface area contributed by atoms with Crippen molar-refractivity contribution in [3.05, 3.63) is 77.9 Å². The summed E-state index contributed by atoms with van der Waals surface area (Å²) in [5, 5.41) is 11.1. The highest BCUT2D eigenvalue weighted by atomic mass is 32.2. The Morgan fingerprint density at radius 1 is 0.969 bits per heavy atom. The van der Waals surface area contributed by atoms with E-state index in [0.717, 1.165) is 11.1 Å². The summed E-state index contributed by atoms with van der Waals surface area (Å²) in [5.41, 5.74) is 2.07. The minimum atomic E-state index is -3.70. The zero-order chi connectivity index (χ0) is 22.6. The molecule has 0 saturated carbocycles. The van der Waals surface area contributed by atoms with E-state index in [1.54, 1.807) is 30.3 Å². The van der Waals surface area contributed by atoms with Gasteiger partial charge in [0.2, 0.25) is 15.7 Å². The second-order valence-corrected chi connectivity index (χ2v) is 9.91. The van der Waals surface area contributed by atoms with Gasteiger partial charge in [-0.1, -0.05) is 48.0 Å². The lowest BCUT2D eigenvalue weighted by Crippen LogP contribution is -2.40. The van der Waals surface area contributed by atoms with Gasteiger partial charge in [-0.05, 0) is 49.6 Å². The maximum absolute atomic E-state index is 12.8. The molecule has 1 saturated heterocycles. The summed E-state index contributed by atoms with van der Waals surface area (Å²) >= 11 is 0. The lowest BCUT2D eigenvalue weighted by molar-refractivity contribution is -0.125. The van der Waals surface area contributed by atoms with Gasteiger partial charge in [0.15, 0.2) is 10.8 Å². The van der Waals surface area contributed by atoms with Crippen molar-refractivity contribution >= 4 is 21.6 Å². The molecule has 3 aromatic rings. The molecule has 0 atom stereocenters. The summed E-state index contributed by atoms with van der Waals surface area (Å²) in [4.78, 5) is 14.7. The van der Waals surface area contributed by atoms with E-state index in [4.69, 9.17) is 0 Å². The average molecular weight is 451 g/mol. The van der Waals surface area contributed by atoms with E-state index < -0.39 is 9.84 Å². The molecule has 2 aromatic carbocycles. The number of piperidine rings is 1. The first-order valence-electron chi connectivity index (χ1n) is 10.7. The number of amides is 1. The molecule has 7 nitrogen and oxygen atoms in total. The number of hydrogen-bond donors (Lipinski definition) is 1. The highest BCUT2D eigenvalue weighted by molar-refractivity contribution is 7.91. The van der Waals surface area contributed by atoms with Crippen molar-refractivity contribution in [2.75, 3.05) is 18.0 Å². The standard InChI is InChI=1S/C24H26N4O3S/c1-18-7-9-21(10-8-18)32(30,31)23-12-11-22(26-27-23)28-15-13-20(14-16-28)24(29)25-17-19-5-3-2-4-6-19/h2-12,20H,13-17H2,1H3,(H,25,29). The average Bonchev–Trinajstić information content (AvgIpc) is 2.84. The fourth-order valence-corrected chi connectivity index (χ4v) is 4.89. The van der Waals surface area contributed by atoms with Crippen LogP contribution in [0.2, 0.25) is 0 Å². The van der Waals surface area contributed by atoms with E-state index in [-0.39, 0.29) is 21.7 Å². The van der Waals surface area contributed by atoms with Gasteiger partial charge in [0.25, 0.3) is 0 Å². The van der Waals surface area contributed by atoms with E-state index in [1.165, 1.54) is 6.07 Å². The predicted molar refractivity (Wildman–Crippen MR) is 122 cm³/mol. The summed E-state index contributed by atoms with van der Waals surface area (Å²) in [6.07, 6.45) is 1.43. The summed E-state index contributed by atoms with van der Waals surface area (Å²) in [6.45, 7) is 3.77. The maximum Gasteiger partial charge on any atom is 0.225 e. The van der Waals surface area contributed by atoms with Crippen LogP contribution in [0.3, 0.4) is 0 Å². The van der Waals surface area contributed by atoms with Gasteiger partial charge in [-0.25, -0.2) is 8.42 Å². The molecule has 0 unspecified atom stereocenters. The van der Waals surface area contributed by atoms with Crippen LogP contribution in [0.1, 0.15) is 24.0 Å². The normalized spacial score (nSPS) is 14.8. The molecule has 4 rings (SSSR count). The van der Waals surface area contributed by atoms with Crippen LogP contribution < -0.4 is 10.2 Å². The van der Waals surface area contributed by atoms with Gasteiger partial charge in [-0.2, -0.15) is 0 Å². The fraction of sp³-hybridized carbons (Fsp3) is 0.292. The Bertz CT molecular complexity index is 1160. The molecule has 2 heterocycles. The highest BCUT2D eigenvalue weighted by Crippen LogP contribution is 2.24. The first-order chi connectivity index (χ1) is 15.4. The van der Waals surface area contributed by atoms with Crippen LogP contribution in [-0.4, -0.2) is 37.6 Å². The summed E-state index contributed by atoms with van der Waals surface area (Å²) in [5.74, 6) is 0.652. The SMILES string of the molecule is Cc1ccc(S(=O)(=O)c2ccc(N3CCC(C(=O)NCc4ccccc4)CC3)nn2)cc1. The van der Waals surface area contributed by atoms with E-state index >= 15 is 0 Å². The molecule has 0 spiro atoms. The lowest BCUT2D eigenvalue weighted by atomic mass is 9.96. The third-order valence-electron chi connectivity index (χ3n) is 5.73. The van der Waals surface area contributed by atoms with Crippen molar-refractivity contribution in [3.63, 3.8) is 0 Å². The molecule has 1 aliphatic rings. The Hall–Kier alpha value is -3.26. The number of aromatic nitrogens is 2. The van der Waals surface area contributed by atoms with Gasteiger partial charge in [-0.15, -0.1) is 10.2 Å². The van der Waals surface area contributed by atoms with Gasteiger partial charge >= 0.3 is 0 Å². The lowest BCUT2D eigenvalue weighted by Gasteiger charge is -2.31. The highest BCUT2D eigenvalue weighted by Gasteiger charge is 2.26. The summed E-state index contributed by atoms with van der Waals surface area (Å²) in [6, 6.07) is 19.7. The largest absolute Gasteiger partial charge is 0.355 e. The Labute approximate surface area is 188 Å². The smallest absolute Gasteiger partial charge is 0.225 e. The zero-order valence-electron chi connectivity index (χ0n) is 17.9. The summed E-state index contributed by atoms with van der Waals surface area (Å²) < 4.78 is 25.5. The Morgan fingerprint density at radius 2 is 1.66 bits per heavy atom. The molecule has 0 radical (unpaired) electrons. The van der Waals surface area contributed by atoms with Crippen LogP contribution in [0.4, 0.5) is 5.82 Å². The first kappa shape index (κ1) is 22.0. The van der Waals surface area contributed by atoms with Gasteiger partial charge in [0, 0.05) is 25.6 Å². The van der Waals surface area contributed by atoms with Crippen LogP contribution in [0.25, 0.3) is 0 Å². The molecular weight excluding hydrogens is 424 g/mol. The topological polar surface area (TPSA) is 92.3 Å². The molecule has 1 N–H and O–H groups in total. The predicted octanol–water partition coefficient (Wildman–Crippen LogP) is 3.15. The van der Waals surface area contributed by atoms with Gasteiger partial charge in [0.05, 0.1) is 4.90 Å². The van der Waals surface area contributed by atoms with Crippen molar-refractivity contribution in [1.82, 2.24) is 15.5 Å². The Kier molecular flexibility index (Phi) is 6.50. The number of nitrogens with one attached hydrogen (secondary N) is 1.